The summed E-state index contributed by atoms with van der Waals surface area (Å²) < 4.78 is 5.10. The first-order valence-corrected chi connectivity index (χ1v) is 8.57. The number of nitrogens with zero attached hydrogens (tertiary/aromatic N) is 3. The Morgan fingerprint density at radius 1 is 1.15 bits per heavy atom. The van der Waals surface area contributed by atoms with Crippen LogP contribution in [0.4, 0.5) is 0 Å². The number of hydrogen-bond acceptors (Lipinski definition) is 6. The van der Waals surface area contributed by atoms with Gasteiger partial charge in [0.15, 0.2) is 0 Å². The number of hydrogen-bond donors (Lipinski definition) is 2. The van der Waals surface area contributed by atoms with Crippen LogP contribution in [0, 0.1) is 0 Å². The van der Waals surface area contributed by atoms with Gasteiger partial charge in [0, 0.05) is 44.8 Å². The zero-order valence-corrected chi connectivity index (χ0v) is 15.5. The topological polar surface area (TPSA) is 93.5 Å². The molecule has 0 radical (unpaired) electrons. The van der Waals surface area contributed by atoms with E-state index in [1.54, 1.807) is 11.0 Å². The molecule has 26 heavy (non-hydrogen) atoms. The molecule has 1 aromatic rings. The summed E-state index contributed by atoms with van der Waals surface area (Å²) in [6, 6.07) is 4.32. The Labute approximate surface area is 153 Å². The van der Waals surface area contributed by atoms with Gasteiger partial charge >= 0.3 is 5.97 Å². The van der Waals surface area contributed by atoms with E-state index < -0.39 is 12.1 Å². The summed E-state index contributed by atoms with van der Waals surface area (Å²) >= 11 is 0. The molecule has 1 fully saturated rings. The lowest BCUT2D eigenvalue weighted by Crippen LogP contribution is -2.51. The molecule has 1 aliphatic rings. The number of carbonyl (C=O) groups is 2. The van der Waals surface area contributed by atoms with Crippen molar-refractivity contribution in [3.63, 3.8) is 0 Å². The maximum Gasteiger partial charge on any atom is 0.335 e. The third-order valence-electron chi connectivity index (χ3n) is 4.34. The predicted molar refractivity (Wildman–Crippen MR) is 96.9 cm³/mol. The Balaban J connectivity index is 1.98. The molecule has 0 saturated carbocycles. The van der Waals surface area contributed by atoms with E-state index in [0.29, 0.717) is 50.6 Å². The van der Waals surface area contributed by atoms with Gasteiger partial charge in [-0.1, -0.05) is 0 Å². The average Bonchev–Trinajstić information content (AvgIpc) is 2.60. The van der Waals surface area contributed by atoms with Crippen LogP contribution in [0.15, 0.2) is 18.2 Å². The molecule has 0 unspecified atom stereocenters. The van der Waals surface area contributed by atoms with Crippen molar-refractivity contribution >= 4 is 11.9 Å². The molecule has 1 atom stereocenters. The van der Waals surface area contributed by atoms with Crippen LogP contribution in [0.5, 0.6) is 5.75 Å². The van der Waals surface area contributed by atoms with E-state index in [-0.39, 0.29) is 11.5 Å². The fourth-order valence-electron chi connectivity index (χ4n) is 3.06. The Bertz CT molecular complexity index is 642. The van der Waals surface area contributed by atoms with E-state index in [0.717, 1.165) is 0 Å². The number of carboxylic acids is 1. The van der Waals surface area contributed by atoms with Crippen molar-refractivity contribution < 1.29 is 24.5 Å². The summed E-state index contributed by atoms with van der Waals surface area (Å²) in [5.74, 6) is -0.962. The molecule has 8 heteroatoms. The van der Waals surface area contributed by atoms with Crippen molar-refractivity contribution in [1.29, 1.82) is 0 Å². The van der Waals surface area contributed by atoms with Crippen molar-refractivity contribution in [3.8, 4) is 5.75 Å². The Hall–Kier alpha value is -2.16. The number of benzene rings is 1. The highest BCUT2D eigenvalue weighted by molar-refractivity contribution is 5.98. The lowest BCUT2D eigenvalue weighted by Gasteiger charge is -2.36. The molecule has 2 N–H and O–H groups in total. The average molecular weight is 365 g/mol. The minimum absolute atomic E-state index is 0.0261. The van der Waals surface area contributed by atoms with Gasteiger partial charge in [0.25, 0.3) is 5.91 Å². The predicted octanol–water partition coefficient (Wildman–Crippen LogP) is 0.0737. The molecule has 0 bridgehead atoms. The molecule has 1 amide bonds. The van der Waals surface area contributed by atoms with Gasteiger partial charge in [-0.15, -0.1) is 0 Å². The molecular weight excluding hydrogens is 338 g/mol. The van der Waals surface area contributed by atoms with E-state index in [9.17, 15) is 19.8 Å². The molecule has 1 heterocycles. The van der Waals surface area contributed by atoms with E-state index in [4.69, 9.17) is 4.74 Å². The maximum atomic E-state index is 12.7. The van der Waals surface area contributed by atoms with Crippen molar-refractivity contribution in [2.45, 2.75) is 6.10 Å². The van der Waals surface area contributed by atoms with E-state index in [2.05, 4.69) is 4.90 Å². The summed E-state index contributed by atoms with van der Waals surface area (Å²) in [5, 5.41) is 19.2. The second-order valence-electron chi connectivity index (χ2n) is 6.76. The lowest BCUT2D eigenvalue weighted by molar-refractivity contribution is 0.0479. The third-order valence-corrected chi connectivity index (χ3v) is 4.34. The minimum atomic E-state index is -1.10. The summed E-state index contributed by atoms with van der Waals surface area (Å²) in [7, 11) is 5.27. The third kappa shape index (κ3) is 5.42. The van der Waals surface area contributed by atoms with Crippen LogP contribution in [0.25, 0.3) is 0 Å². The number of rotatable bonds is 7. The highest BCUT2D eigenvalue weighted by Gasteiger charge is 2.24. The number of ether oxygens (including phenoxy) is 1. The van der Waals surface area contributed by atoms with Crippen LogP contribution in [0.2, 0.25) is 0 Å². The summed E-state index contributed by atoms with van der Waals surface area (Å²) in [5.41, 5.74) is 0.334. The van der Waals surface area contributed by atoms with Gasteiger partial charge in [0.1, 0.15) is 5.75 Å². The molecule has 1 aromatic carbocycles. The maximum absolute atomic E-state index is 12.7. The molecule has 1 aliphatic heterocycles. The zero-order valence-electron chi connectivity index (χ0n) is 15.5. The molecule has 1 saturated heterocycles. The molecule has 144 valence electrons. The summed E-state index contributed by atoms with van der Waals surface area (Å²) in [4.78, 5) is 29.7. The van der Waals surface area contributed by atoms with Crippen molar-refractivity contribution in [2.75, 3.05) is 60.5 Å². The first-order valence-electron chi connectivity index (χ1n) is 8.57. The van der Waals surface area contributed by atoms with Gasteiger partial charge in [0.2, 0.25) is 0 Å². The smallest absolute Gasteiger partial charge is 0.335 e. The van der Waals surface area contributed by atoms with Crippen LogP contribution >= 0.6 is 0 Å². The second-order valence-corrected chi connectivity index (χ2v) is 6.76. The Morgan fingerprint density at radius 3 is 2.31 bits per heavy atom. The number of piperazine rings is 1. The van der Waals surface area contributed by atoms with Gasteiger partial charge in [-0.3, -0.25) is 9.69 Å². The number of aliphatic hydroxyl groups is 1. The molecule has 0 aromatic heterocycles. The molecule has 0 aliphatic carbocycles. The molecule has 8 nitrogen and oxygen atoms in total. The Kier molecular flexibility index (Phi) is 6.96. The Morgan fingerprint density at radius 2 is 1.77 bits per heavy atom. The number of aliphatic hydroxyl groups excluding tert-OH is 1. The first-order chi connectivity index (χ1) is 12.3. The fourth-order valence-corrected chi connectivity index (χ4v) is 3.06. The number of methoxy groups -OCH3 is 1. The first kappa shape index (κ1) is 20.2. The van der Waals surface area contributed by atoms with E-state index >= 15 is 0 Å². The van der Waals surface area contributed by atoms with Crippen LogP contribution in [-0.4, -0.2) is 103 Å². The van der Waals surface area contributed by atoms with Crippen molar-refractivity contribution in [2.24, 2.45) is 0 Å². The van der Waals surface area contributed by atoms with Crippen molar-refractivity contribution in [1.82, 2.24) is 14.7 Å². The number of carbonyl (C=O) groups excluding carboxylic acids is 1. The van der Waals surface area contributed by atoms with E-state index in [1.807, 2.05) is 19.0 Å². The normalized spacial score (nSPS) is 16.6. The van der Waals surface area contributed by atoms with Gasteiger partial charge in [0.05, 0.1) is 18.8 Å². The summed E-state index contributed by atoms with van der Waals surface area (Å²) in [6.07, 6.45) is -0.427. The molecule has 0 spiro atoms. The SMILES string of the molecule is COc1cc(C(=O)O)cc(C(=O)N2CCN(C[C@@H](O)CN(C)C)CC2)c1. The van der Waals surface area contributed by atoms with Crippen LogP contribution in [0.1, 0.15) is 20.7 Å². The van der Waals surface area contributed by atoms with Gasteiger partial charge in [-0.25, -0.2) is 4.79 Å². The van der Waals surface area contributed by atoms with Gasteiger partial charge in [-0.2, -0.15) is 0 Å². The molecule has 2 rings (SSSR count). The number of aromatic carboxylic acids is 1. The second kappa shape index (κ2) is 8.98. The standard InChI is InChI=1S/C18H27N3O5/c1-19(2)11-15(22)12-20-4-6-21(7-5-20)17(23)13-8-14(18(24)25)10-16(9-13)26-3/h8-10,15,22H,4-7,11-12H2,1-3H3,(H,24,25)/t15-/m0/s1. The zero-order chi connectivity index (χ0) is 19.3. The minimum Gasteiger partial charge on any atom is -0.497 e. The highest BCUT2D eigenvalue weighted by Crippen LogP contribution is 2.19. The number of β-amino-alcohol motifs (C(OH)–C–C–N with tert-alkyl or cyclic N) is 1. The number of likely N-dealkylation sites (N-methyl/N-ethyl adjacent to an activating group) is 1. The van der Waals surface area contributed by atoms with Crippen LogP contribution < -0.4 is 4.74 Å². The van der Waals surface area contributed by atoms with Crippen molar-refractivity contribution in [3.05, 3.63) is 29.3 Å². The summed E-state index contributed by atoms with van der Waals surface area (Å²) in [6.45, 7) is 3.59. The number of carboxylic acid groups (broad SMARTS) is 1. The fraction of sp³-hybridized carbons (Fsp3) is 0.556. The molecular formula is C18H27N3O5. The van der Waals surface area contributed by atoms with Gasteiger partial charge in [-0.05, 0) is 32.3 Å². The number of amides is 1. The lowest BCUT2D eigenvalue weighted by atomic mass is 10.1. The van der Waals surface area contributed by atoms with Crippen LogP contribution in [0.3, 0.4) is 0 Å². The quantitative estimate of drug-likeness (QED) is 0.706. The van der Waals surface area contributed by atoms with Gasteiger partial charge < -0.3 is 24.7 Å². The van der Waals surface area contributed by atoms with Crippen LogP contribution in [-0.2, 0) is 0 Å². The largest absolute Gasteiger partial charge is 0.497 e. The van der Waals surface area contributed by atoms with E-state index in [1.165, 1.54) is 19.2 Å². The monoisotopic (exact) mass is 365 g/mol. The highest BCUT2D eigenvalue weighted by atomic mass is 16.5.